The number of fused-ring (bicyclic) bond motifs is 1. The van der Waals surface area contributed by atoms with E-state index in [1.165, 1.54) is 24.0 Å². The van der Waals surface area contributed by atoms with E-state index in [1.54, 1.807) is 20.2 Å². The van der Waals surface area contributed by atoms with E-state index >= 15 is 0 Å². The molecule has 3 rings (SSSR count). The number of hydrogen-bond acceptors (Lipinski definition) is 5. The van der Waals surface area contributed by atoms with Crippen molar-refractivity contribution in [3.05, 3.63) is 58.1 Å². The van der Waals surface area contributed by atoms with Gasteiger partial charge in [-0.15, -0.1) is 0 Å². The molecule has 0 spiro atoms. The number of ether oxygens (including phenoxy) is 2. The number of hydrazone groups is 1. The lowest BCUT2D eigenvalue weighted by atomic mass is 9.92. The molecule has 0 saturated carbocycles. The van der Waals surface area contributed by atoms with E-state index in [1.807, 2.05) is 31.2 Å². The third-order valence-corrected chi connectivity index (χ3v) is 6.08. The molecule has 0 aromatic heterocycles. The number of amides is 2. The van der Waals surface area contributed by atoms with Gasteiger partial charge in [0.25, 0.3) is 11.8 Å². The monoisotopic (exact) mass is 465 g/mol. The summed E-state index contributed by atoms with van der Waals surface area (Å²) in [5.74, 6) is 1.03. The van der Waals surface area contributed by atoms with Gasteiger partial charge in [-0.25, -0.2) is 5.43 Å². The van der Waals surface area contributed by atoms with Gasteiger partial charge in [0.05, 0.1) is 13.3 Å². The number of nitrogens with zero attached hydrogens (tertiary/aromatic N) is 1. The van der Waals surface area contributed by atoms with E-state index < -0.39 is 11.9 Å². The molecule has 0 heterocycles. The summed E-state index contributed by atoms with van der Waals surface area (Å²) in [6, 6.07) is 9.21. The molecule has 0 saturated heterocycles. The maximum Gasteiger partial charge on any atom is 0.262 e. The first-order chi connectivity index (χ1) is 16.3. The molecule has 1 aliphatic rings. The van der Waals surface area contributed by atoms with Gasteiger partial charge in [0.1, 0.15) is 17.5 Å². The molecule has 34 heavy (non-hydrogen) atoms. The van der Waals surface area contributed by atoms with Gasteiger partial charge in [0.2, 0.25) is 0 Å². The molecular formula is C27H35N3O4. The van der Waals surface area contributed by atoms with E-state index in [4.69, 9.17) is 9.47 Å². The Morgan fingerprint density at radius 2 is 1.82 bits per heavy atom. The van der Waals surface area contributed by atoms with Crippen molar-refractivity contribution in [3.8, 4) is 11.5 Å². The average molecular weight is 466 g/mol. The predicted molar refractivity (Wildman–Crippen MR) is 134 cm³/mol. The van der Waals surface area contributed by atoms with Crippen LogP contribution in [0.15, 0.2) is 35.4 Å². The van der Waals surface area contributed by atoms with Crippen molar-refractivity contribution in [2.45, 2.75) is 65.3 Å². The molecule has 0 unspecified atom stereocenters. The zero-order valence-electron chi connectivity index (χ0n) is 20.7. The van der Waals surface area contributed by atoms with Gasteiger partial charge in [-0.3, -0.25) is 9.59 Å². The van der Waals surface area contributed by atoms with Gasteiger partial charge in [-0.05, 0) is 97.5 Å². The van der Waals surface area contributed by atoms with Crippen molar-refractivity contribution in [3.63, 3.8) is 0 Å². The number of hydrogen-bond donors (Lipinski definition) is 2. The van der Waals surface area contributed by atoms with Crippen LogP contribution in [-0.4, -0.2) is 37.8 Å². The fourth-order valence-electron chi connectivity index (χ4n) is 4.04. The van der Waals surface area contributed by atoms with Gasteiger partial charge >= 0.3 is 0 Å². The summed E-state index contributed by atoms with van der Waals surface area (Å²) in [6.07, 6.45) is 6.15. The van der Waals surface area contributed by atoms with E-state index in [9.17, 15) is 9.59 Å². The second kappa shape index (κ2) is 11.7. The summed E-state index contributed by atoms with van der Waals surface area (Å²) >= 11 is 0. The Hall–Kier alpha value is -3.35. The predicted octanol–water partition coefficient (Wildman–Crippen LogP) is 4.04. The normalized spacial score (nSPS) is 13.9. The van der Waals surface area contributed by atoms with E-state index in [-0.39, 0.29) is 18.4 Å². The van der Waals surface area contributed by atoms with E-state index in [0.717, 1.165) is 35.3 Å². The first-order valence-corrected chi connectivity index (χ1v) is 11.8. The molecule has 0 bridgehead atoms. The summed E-state index contributed by atoms with van der Waals surface area (Å²) in [6.45, 7) is 7.60. The fraction of sp³-hybridized carbons (Fsp3) is 0.444. The maximum absolute atomic E-state index is 12.4. The van der Waals surface area contributed by atoms with Crippen LogP contribution in [0.2, 0.25) is 0 Å². The minimum absolute atomic E-state index is 0.150. The maximum atomic E-state index is 12.4. The molecule has 182 valence electrons. The highest BCUT2D eigenvalue weighted by Crippen LogP contribution is 2.29. The summed E-state index contributed by atoms with van der Waals surface area (Å²) in [5, 5.41) is 6.72. The molecule has 1 aliphatic carbocycles. The first-order valence-electron chi connectivity index (χ1n) is 11.8. The fourth-order valence-corrected chi connectivity index (χ4v) is 4.04. The molecule has 0 radical (unpaired) electrons. The lowest BCUT2D eigenvalue weighted by molar-refractivity contribution is -0.129. The number of carbonyl (C=O) groups excluding carboxylic acids is 2. The Labute approximate surface area is 201 Å². The zero-order chi connectivity index (χ0) is 24.7. The van der Waals surface area contributed by atoms with Crippen LogP contribution in [0, 0.1) is 6.92 Å². The number of rotatable bonds is 9. The highest BCUT2D eigenvalue weighted by molar-refractivity contribution is 5.89. The molecule has 1 atom stereocenters. The van der Waals surface area contributed by atoms with E-state index in [2.05, 4.69) is 35.8 Å². The number of benzene rings is 2. The molecule has 7 nitrogen and oxygen atoms in total. The minimum Gasteiger partial charge on any atom is -0.496 e. The van der Waals surface area contributed by atoms with Crippen molar-refractivity contribution in [1.29, 1.82) is 0 Å². The molecule has 2 N–H and O–H groups in total. The summed E-state index contributed by atoms with van der Waals surface area (Å²) in [4.78, 5) is 24.6. The standard InChI is InChI=1S/C27H35N3O4/c1-17(2)24-14-22(18(3)12-25(24)33-5)15-28-30-27(32)19(4)29-26(31)16-34-23-11-10-20-8-6-7-9-21(20)13-23/h10-15,17,19H,6-9,16H2,1-5H3,(H,29,31)(H,30,32)/b28-15-/t19-/m0/s1. The van der Waals surface area contributed by atoms with Gasteiger partial charge < -0.3 is 14.8 Å². The number of nitrogens with one attached hydrogen (secondary N) is 2. The quantitative estimate of drug-likeness (QED) is 0.432. The minimum atomic E-state index is -0.750. The van der Waals surface area contributed by atoms with Gasteiger partial charge in [0, 0.05) is 0 Å². The average Bonchev–Trinajstić information content (AvgIpc) is 2.82. The summed E-state index contributed by atoms with van der Waals surface area (Å²) in [5.41, 5.74) is 8.09. The van der Waals surface area contributed by atoms with Gasteiger partial charge in [-0.1, -0.05) is 19.9 Å². The molecule has 7 heteroatoms. The van der Waals surface area contributed by atoms with Gasteiger partial charge in [-0.2, -0.15) is 5.10 Å². The van der Waals surface area contributed by atoms with Crippen LogP contribution in [0.25, 0.3) is 0 Å². The molecule has 0 fully saturated rings. The molecule has 2 aromatic rings. The summed E-state index contributed by atoms with van der Waals surface area (Å²) < 4.78 is 11.1. The van der Waals surface area contributed by atoms with Crippen molar-refractivity contribution in [2.24, 2.45) is 5.10 Å². The van der Waals surface area contributed by atoms with Crippen molar-refractivity contribution >= 4 is 18.0 Å². The first kappa shape index (κ1) is 25.3. The van der Waals surface area contributed by atoms with Crippen LogP contribution < -0.4 is 20.2 Å². The Morgan fingerprint density at radius 1 is 1.09 bits per heavy atom. The van der Waals surface area contributed by atoms with Crippen LogP contribution in [0.4, 0.5) is 0 Å². The molecule has 2 amide bonds. The lowest BCUT2D eigenvalue weighted by Crippen LogP contribution is -2.45. The van der Waals surface area contributed by atoms with Crippen molar-refractivity contribution < 1.29 is 19.1 Å². The number of aryl methyl sites for hydroxylation is 3. The lowest BCUT2D eigenvalue weighted by Gasteiger charge is -2.17. The summed E-state index contributed by atoms with van der Waals surface area (Å²) in [7, 11) is 1.65. The van der Waals surface area contributed by atoms with Crippen LogP contribution >= 0.6 is 0 Å². The van der Waals surface area contributed by atoms with Gasteiger partial charge in [0.15, 0.2) is 6.61 Å². The van der Waals surface area contributed by atoms with Crippen LogP contribution in [0.5, 0.6) is 11.5 Å². The van der Waals surface area contributed by atoms with E-state index in [0.29, 0.717) is 5.75 Å². The van der Waals surface area contributed by atoms with Crippen LogP contribution in [0.3, 0.4) is 0 Å². The van der Waals surface area contributed by atoms with Crippen molar-refractivity contribution in [1.82, 2.24) is 10.7 Å². The topological polar surface area (TPSA) is 89.0 Å². The Balaban J connectivity index is 1.49. The third kappa shape index (κ3) is 6.59. The second-order valence-corrected chi connectivity index (χ2v) is 9.06. The number of carbonyl (C=O) groups is 2. The SMILES string of the molecule is COc1cc(C)c(/C=N\NC(=O)[C@H](C)NC(=O)COc2ccc3c(c2)CCCC3)cc1C(C)C. The Kier molecular flexibility index (Phi) is 8.68. The van der Waals surface area contributed by atoms with Crippen LogP contribution in [-0.2, 0) is 22.4 Å². The molecule has 0 aliphatic heterocycles. The smallest absolute Gasteiger partial charge is 0.262 e. The van der Waals surface area contributed by atoms with Crippen molar-refractivity contribution in [2.75, 3.05) is 13.7 Å². The highest BCUT2D eigenvalue weighted by Gasteiger charge is 2.16. The second-order valence-electron chi connectivity index (χ2n) is 9.06. The highest BCUT2D eigenvalue weighted by atomic mass is 16.5. The largest absolute Gasteiger partial charge is 0.496 e. The molecule has 2 aromatic carbocycles. The van der Waals surface area contributed by atoms with Crippen LogP contribution in [0.1, 0.15) is 67.3 Å². The Bertz CT molecular complexity index is 1060. The zero-order valence-corrected chi connectivity index (χ0v) is 20.7. The number of methoxy groups -OCH3 is 1. The third-order valence-electron chi connectivity index (χ3n) is 6.08. The molecular weight excluding hydrogens is 430 g/mol. The Morgan fingerprint density at radius 3 is 2.53 bits per heavy atom.